The molecule has 0 aliphatic rings. The zero-order valence-corrected chi connectivity index (χ0v) is 19.4. The lowest BCUT2D eigenvalue weighted by atomic mass is 10.3. The highest BCUT2D eigenvalue weighted by Gasteiger charge is 2.36. The van der Waals surface area contributed by atoms with Crippen molar-refractivity contribution in [3.05, 3.63) is 52.2 Å². The van der Waals surface area contributed by atoms with Crippen LogP contribution in [-0.4, -0.2) is 34.6 Å². The summed E-state index contributed by atoms with van der Waals surface area (Å²) in [6.45, 7) is 3.10. The van der Waals surface area contributed by atoms with Crippen molar-refractivity contribution >= 4 is 22.8 Å². The van der Waals surface area contributed by atoms with E-state index in [4.69, 9.17) is 0 Å². The standard InChI is InChI=1S/C21H18F6N6OS/c1-4-32-14(21(25,26)27)10-11-17(19(32)34)31(3)18(28-11)16-12(35-5-2)6-7-15(29-16)33-9-8-13(30-33)20(22,23)24/h6-10H,4-5H2,1-3H3. The van der Waals surface area contributed by atoms with Gasteiger partial charge in [0.25, 0.3) is 5.56 Å². The largest absolute Gasteiger partial charge is 0.435 e. The predicted molar refractivity (Wildman–Crippen MR) is 117 cm³/mol. The molecule has 0 aliphatic heterocycles. The molecule has 7 nitrogen and oxygen atoms in total. The lowest BCUT2D eigenvalue weighted by Gasteiger charge is -2.14. The number of aryl methyl sites for hydroxylation is 1. The molecule has 4 aromatic rings. The van der Waals surface area contributed by atoms with Gasteiger partial charge in [-0.2, -0.15) is 31.4 Å². The van der Waals surface area contributed by atoms with Crippen molar-refractivity contribution in [2.24, 2.45) is 7.05 Å². The molecule has 0 aliphatic carbocycles. The molecule has 0 saturated heterocycles. The second-order valence-corrected chi connectivity index (χ2v) is 8.70. The van der Waals surface area contributed by atoms with Gasteiger partial charge in [0.1, 0.15) is 16.9 Å². The second kappa shape index (κ2) is 8.73. The lowest BCUT2D eigenvalue weighted by Crippen LogP contribution is -2.28. The number of hydrogen-bond acceptors (Lipinski definition) is 5. The SMILES string of the molecule is CCSc1ccc(-n2ccc(C(F)(F)F)n2)nc1-c1nc2cc(C(F)(F)F)n(CC)c(=O)c2n1C. The molecule has 4 aromatic heterocycles. The normalized spacial score (nSPS) is 12.6. The van der Waals surface area contributed by atoms with Crippen LogP contribution in [0.5, 0.6) is 0 Å². The van der Waals surface area contributed by atoms with Gasteiger partial charge in [-0.05, 0) is 36.9 Å². The zero-order valence-electron chi connectivity index (χ0n) is 18.6. The van der Waals surface area contributed by atoms with E-state index in [-0.39, 0.29) is 34.9 Å². The van der Waals surface area contributed by atoms with E-state index in [9.17, 15) is 31.1 Å². The van der Waals surface area contributed by atoms with Crippen LogP contribution in [0.25, 0.3) is 28.4 Å². The van der Waals surface area contributed by atoms with Crippen molar-refractivity contribution in [2.45, 2.75) is 37.6 Å². The molecular weight excluding hydrogens is 498 g/mol. The first kappa shape index (κ1) is 24.8. The Morgan fingerprint density at radius 2 is 1.71 bits per heavy atom. The molecule has 0 unspecified atom stereocenters. The monoisotopic (exact) mass is 516 g/mol. The summed E-state index contributed by atoms with van der Waals surface area (Å²) in [6.07, 6.45) is -8.30. The number of fused-ring (bicyclic) bond motifs is 1. The molecule has 14 heteroatoms. The number of pyridine rings is 2. The summed E-state index contributed by atoms with van der Waals surface area (Å²) in [5, 5.41) is 3.52. The van der Waals surface area contributed by atoms with E-state index >= 15 is 0 Å². The number of aromatic nitrogens is 6. The third-order valence-electron chi connectivity index (χ3n) is 5.21. The van der Waals surface area contributed by atoms with Gasteiger partial charge >= 0.3 is 12.4 Å². The lowest BCUT2D eigenvalue weighted by molar-refractivity contribution is -0.144. The second-order valence-electron chi connectivity index (χ2n) is 7.40. The first-order valence-electron chi connectivity index (χ1n) is 10.3. The smallest absolute Gasteiger partial charge is 0.321 e. The Balaban J connectivity index is 1.95. The summed E-state index contributed by atoms with van der Waals surface area (Å²) in [4.78, 5) is 22.2. The third kappa shape index (κ3) is 4.42. The molecule has 186 valence electrons. The van der Waals surface area contributed by atoms with Crippen molar-refractivity contribution in [3.63, 3.8) is 0 Å². The zero-order chi connectivity index (χ0) is 25.7. The molecule has 0 spiro atoms. The highest BCUT2D eigenvalue weighted by atomic mass is 32.2. The first-order valence-corrected chi connectivity index (χ1v) is 11.3. The van der Waals surface area contributed by atoms with Gasteiger partial charge in [0.05, 0.1) is 5.52 Å². The van der Waals surface area contributed by atoms with E-state index in [1.807, 2.05) is 6.92 Å². The fourth-order valence-corrected chi connectivity index (χ4v) is 4.43. The van der Waals surface area contributed by atoms with Gasteiger partial charge in [-0.25, -0.2) is 14.6 Å². The number of imidazole rings is 1. The maximum absolute atomic E-state index is 13.6. The average Bonchev–Trinajstić information content (AvgIpc) is 3.39. The van der Waals surface area contributed by atoms with Crippen LogP contribution in [0.15, 0.2) is 40.2 Å². The van der Waals surface area contributed by atoms with Crippen LogP contribution in [-0.2, 0) is 25.9 Å². The van der Waals surface area contributed by atoms with Crippen molar-refractivity contribution in [1.82, 2.24) is 28.9 Å². The molecule has 0 bridgehead atoms. The Kier molecular flexibility index (Phi) is 6.19. The Morgan fingerprint density at radius 1 is 1.00 bits per heavy atom. The van der Waals surface area contributed by atoms with Crippen molar-refractivity contribution < 1.29 is 26.3 Å². The van der Waals surface area contributed by atoms with E-state index in [2.05, 4.69) is 15.1 Å². The number of alkyl halides is 6. The molecule has 0 radical (unpaired) electrons. The van der Waals surface area contributed by atoms with Crippen LogP contribution < -0.4 is 5.56 Å². The van der Waals surface area contributed by atoms with Gasteiger partial charge in [-0.3, -0.25) is 4.79 Å². The number of nitrogens with zero attached hydrogens (tertiary/aromatic N) is 6. The predicted octanol–water partition coefficient (Wildman–Crippen LogP) is 5.15. The topological polar surface area (TPSA) is 70.5 Å². The highest BCUT2D eigenvalue weighted by Crippen LogP contribution is 2.34. The molecule has 0 fully saturated rings. The van der Waals surface area contributed by atoms with Gasteiger partial charge in [-0.15, -0.1) is 11.8 Å². The van der Waals surface area contributed by atoms with Crippen LogP contribution in [0.1, 0.15) is 25.2 Å². The summed E-state index contributed by atoms with van der Waals surface area (Å²) < 4.78 is 82.6. The van der Waals surface area contributed by atoms with E-state index in [1.54, 1.807) is 6.07 Å². The molecular formula is C21H18F6N6OS. The molecule has 0 N–H and O–H groups in total. The van der Waals surface area contributed by atoms with Crippen LogP contribution in [0.2, 0.25) is 0 Å². The summed E-state index contributed by atoms with van der Waals surface area (Å²) >= 11 is 1.36. The van der Waals surface area contributed by atoms with Gasteiger partial charge in [0, 0.05) is 24.7 Å². The first-order chi connectivity index (χ1) is 16.4. The van der Waals surface area contributed by atoms with Crippen molar-refractivity contribution in [3.8, 4) is 17.3 Å². The Bertz CT molecular complexity index is 1470. The van der Waals surface area contributed by atoms with E-state index in [1.165, 1.54) is 36.4 Å². The van der Waals surface area contributed by atoms with Crippen molar-refractivity contribution in [2.75, 3.05) is 5.75 Å². The summed E-state index contributed by atoms with van der Waals surface area (Å²) in [5.74, 6) is 0.753. The minimum absolute atomic E-state index is 0.0463. The van der Waals surface area contributed by atoms with Crippen LogP contribution in [0.3, 0.4) is 0 Å². The van der Waals surface area contributed by atoms with Gasteiger partial charge in [-0.1, -0.05) is 6.92 Å². The molecule has 0 atom stereocenters. The van der Waals surface area contributed by atoms with E-state index in [0.29, 0.717) is 15.2 Å². The molecule has 0 saturated carbocycles. The molecule has 0 aromatic carbocycles. The highest BCUT2D eigenvalue weighted by molar-refractivity contribution is 7.99. The van der Waals surface area contributed by atoms with Gasteiger partial charge in [0.2, 0.25) is 0 Å². The van der Waals surface area contributed by atoms with E-state index < -0.39 is 29.3 Å². The quantitative estimate of drug-likeness (QED) is 0.271. The van der Waals surface area contributed by atoms with Crippen LogP contribution in [0, 0.1) is 0 Å². The maximum Gasteiger partial charge on any atom is 0.435 e. The maximum atomic E-state index is 13.6. The Hall–Kier alpha value is -3.29. The fraction of sp³-hybridized carbons (Fsp3) is 0.333. The minimum Gasteiger partial charge on any atom is -0.321 e. The van der Waals surface area contributed by atoms with Gasteiger partial charge < -0.3 is 9.13 Å². The molecule has 35 heavy (non-hydrogen) atoms. The van der Waals surface area contributed by atoms with E-state index in [0.717, 1.165) is 23.0 Å². The third-order valence-corrected chi connectivity index (χ3v) is 6.14. The summed E-state index contributed by atoms with van der Waals surface area (Å²) in [7, 11) is 1.48. The minimum atomic E-state index is -4.77. The summed E-state index contributed by atoms with van der Waals surface area (Å²) in [6, 6.07) is 4.70. The number of rotatable bonds is 5. The van der Waals surface area contributed by atoms with Gasteiger partial charge in [0.15, 0.2) is 17.3 Å². The number of hydrogen-bond donors (Lipinski definition) is 0. The van der Waals surface area contributed by atoms with Crippen LogP contribution in [0.4, 0.5) is 26.3 Å². The number of halogens is 6. The Morgan fingerprint density at radius 3 is 2.29 bits per heavy atom. The number of thioether (sulfide) groups is 1. The molecule has 0 amide bonds. The average molecular weight is 516 g/mol. The van der Waals surface area contributed by atoms with Crippen molar-refractivity contribution in [1.29, 1.82) is 0 Å². The Labute approximate surface area is 198 Å². The van der Waals surface area contributed by atoms with Crippen LogP contribution >= 0.6 is 11.8 Å². The molecule has 4 heterocycles. The summed E-state index contributed by atoms with van der Waals surface area (Å²) in [5.41, 5.74) is -3.09. The fourth-order valence-electron chi connectivity index (χ4n) is 3.68. The molecule has 4 rings (SSSR count).